The molecule has 1 heterocycles. The first-order chi connectivity index (χ1) is 12.2. The van der Waals surface area contributed by atoms with Gasteiger partial charge in [-0.05, 0) is 24.1 Å². The Bertz CT molecular complexity index is 545. The quantitative estimate of drug-likeness (QED) is 0.763. The lowest BCUT2D eigenvalue weighted by atomic mass is 10.1. The zero-order valence-corrected chi connectivity index (χ0v) is 15.4. The average molecular weight is 351 g/mol. The van der Waals surface area contributed by atoms with Gasteiger partial charge in [0.05, 0.1) is 20.8 Å². The van der Waals surface area contributed by atoms with Crippen LogP contribution in [0.15, 0.2) is 18.2 Å². The second kappa shape index (κ2) is 10.1. The number of piperazine rings is 1. The van der Waals surface area contributed by atoms with E-state index in [0.29, 0.717) is 18.0 Å². The molecule has 1 aliphatic rings. The molecule has 0 spiro atoms. The van der Waals surface area contributed by atoms with Crippen molar-refractivity contribution in [3.05, 3.63) is 23.8 Å². The Morgan fingerprint density at radius 3 is 2.44 bits per heavy atom. The summed E-state index contributed by atoms with van der Waals surface area (Å²) in [5, 5.41) is 3.00. The van der Waals surface area contributed by atoms with Crippen LogP contribution in [0.3, 0.4) is 0 Å². The van der Waals surface area contributed by atoms with Gasteiger partial charge in [0.25, 0.3) is 0 Å². The lowest BCUT2D eigenvalue weighted by Gasteiger charge is -2.34. The Morgan fingerprint density at radius 1 is 1.08 bits per heavy atom. The second-order valence-electron chi connectivity index (χ2n) is 5.99. The smallest absolute Gasteiger partial charge is 0.317 e. The fraction of sp³-hybridized carbons (Fsp3) is 0.611. The molecule has 0 atom stereocenters. The Balaban J connectivity index is 1.72. The molecule has 25 heavy (non-hydrogen) atoms. The number of nitrogens with one attached hydrogen (secondary N) is 1. The molecule has 0 unspecified atom stereocenters. The molecule has 1 aromatic rings. The van der Waals surface area contributed by atoms with Crippen molar-refractivity contribution in [2.75, 3.05) is 67.2 Å². The fourth-order valence-electron chi connectivity index (χ4n) is 2.86. The van der Waals surface area contributed by atoms with Crippen LogP contribution in [0.25, 0.3) is 0 Å². The molecule has 7 nitrogen and oxygen atoms in total. The van der Waals surface area contributed by atoms with E-state index in [4.69, 9.17) is 14.2 Å². The van der Waals surface area contributed by atoms with Crippen molar-refractivity contribution in [3.63, 3.8) is 0 Å². The maximum absolute atomic E-state index is 12.3. The van der Waals surface area contributed by atoms with E-state index >= 15 is 0 Å². The zero-order valence-electron chi connectivity index (χ0n) is 15.4. The number of nitrogens with zero attached hydrogens (tertiary/aromatic N) is 2. The summed E-state index contributed by atoms with van der Waals surface area (Å²) in [5.74, 6) is 1.42. The Morgan fingerprint density at radius 2 is 1.80 bits per heavy atom. The van der Waals surface area contributed by atoms with E-state index in [1.54, 1.807) is 21.3 Å². The van der Waals surface area contributed by atoms with Crippen LogP contribution < -0.4 is 14.8 Å². The van der Waals surface area contributed by atoms with Crippen molar-refractivity contribution in [1.82, 2.24) is 15.1 Å². The molecule has 0 radical (unpaired) electrons. The highest BCUT2D eigenvalue weighted by molar-refractivity contribution is 5.74. The van der Waals surface area contributed by atoms with Crippen LogP contribution in [0.4, 0.5) is 4.79 Å². The first-order valence-corrected chi connectivity index (χ1v) is 8.63. The minimum Gasteiger partial charge on any atom is -0.493 e. The van der Waals surface area contributed by atoms with Crippen molar-refractivity contribution < 1.29 is 19.0 Å². The number of carbonyl (C=O) groups is 1. The number of methoxy groups -OCH3 is 3. The molecule has 1 fully saturated rings. The van der Waals surface area contributed by atoms with Crippen LogP contribution in [0.1, 0.15) is 5.56 Å². The van der Waals surface area contributed by atoms with Gasteiger partial charge in [-0.25, -0.2) is 4.79 Å². The number of hydrogen-bond acceptors (Lipinski definition) is 5. The lowest BCUT2D eigenvalue weighted by molar-refractivity contribution is 0.106. The third-order valence-electron chi connectivity index (χ3n) is 4.41. The van der Waals surface area contributed by atoms with E-state index in [1.165, 1.54) is 0 Å². The summed E-state index contributed by atoms with van der Waals surface area (Å²) >= 11 is 0. The lowest BCUT2D eigenvalue weighted by Crippen LogP contribution is -2.52. The predicted octanol–water partition coefficient (Wildman–Crippen LogP) is 1.22. The highest BCUT2D eigenvalue weighted by Gasteiger charge is 2.20. The van der Waals surface area contributed by atoms with Crippen LogP contribution >= 0.6 is 0 Å². The molecule has 7 heteroatoms. The molecule has 0 bridgehead atoms. The van der Waals surface area contributed by atoms with Gasteiger partial charge in [-0.3, -0.25) is 4.90 Å². The summed E-state index contributed by atoms with van der Waals surface area (Å²) in [4.78, 5) is 16.4. The Hall–Kier alpha value is -1.99. The van der Waals surface area contributed by atoms with Crippen molar-refractivity contribution in [2.45, 2.75) is 6.42 Å². The number of carbonyl (C=O) groups excluding carboxylic acids is 1. The molecule has 0 aliphatic carbocycles. The third-order valence-corrected chi connectivity index (χ3v) is 4.41. The highest BCUT2D eigenvalue weighted by Crippen LogP contribution is 2.27. The van der Waals surface area contributed by atoms with Gasteiger partial charge in [0.1, 0.15) is 0 Å². The van der Waals surface area contributed by atoms with Crippen molar-refractivity contribution in [2.24, 2.45) is 0 Å². The number of urea groups is 1. The summed E-state index contributed by atoms with van der Waals surface area (Å²) in [6, 6.07) is 5.82. The topological polar surface area (TPSA) is 63.3 Å². The van der Waals surface area contributed by atoms with Gasteiger partial charge < -0.3 is 24.4 Å². The van der Waals surface area contributed by atoms with Gasteiger partial charge in [-0.15, -0.1) is 0 Å². The second-order valence-corrected chi connectivity index (χ2v) is 5.99. The number of ether oxygens (including phenoxy) is 3. The molecular weight excluding hydrogens is 322 g/mol. The van der Waals surface area contributed by atoms with Gasteiger partial charge in [-0.1, -0.05) is 6.07 Å². The van der Waals surface area contributed by atoms with E-state index in [-0.39, 0.29) is 6.03 Å². The van der Waals surface area contributed by atoms with Gasteiger partial charge in [-0.2, -0.15) is 0 Å². The predicted molar refractivity (Wildman–Crippen MR) is 96.5 cm³/mol. The maximum Gasteiger partial charge on any atom is 0.317 e. The van der Waals surface area contributed by atoms with E-state index in [9.17, 15) is 4.79 Å². The average Bonchev–Trinajstić information content (AvgIpc) is 2.66. The number of benzene rings is 1. The van der Waals surface area contributed by atoms with Crippen LogP contribution in [0, 0.1) is 0 Å². The van der Waals surface area contributed by atoms with Crippen LogP contribution in [0.2, 0.25) is 0 Å². The molecule has 1 aliphatic heterocycles. The van der Waals surface area contributed by atoms with Crippen molar-refractivity contribution in [1.29, 1.82) is 0 Å². The van der Waals surface area contributed by atoms with Crippen LogP contribution in [0.5, 0.6) is 11.5 Å². The molecule has 0 aromatic heterocycles. The van der Waals surface area contributed by atoms with Gasteiger partial charge in [0.2, 0.25) is 0 Å². The van der Waals surface area contributed by atoms with E-state index in [2.05, 4.69) is 10.2 Å². The maximum atomic E-state index is 12.3. The standard InChI is InChI=1S/C18H29N3O4/c1-23-13-12-20-8-10-21(11-9-20)18(22)19-7-6-15-4-5-16(24-2)17(14-15)25-3/h4-5,14H,6-13H2,1-3H3,(H,19,22). The largest absolute Gasteiger partial charge is 0.493 e. The molecule has 1 aromatic carbocycles. The summed E-state index contributed by atoms with van der Waals surface area (Å²) in [6.45, 7) is 5.55. The van der Waals surface area contributed by atoms with E-state index < -0.39 is 0 Å². The van der Waals surface area contributed by atoms with Crippen LogP contribution in [-0.4, -0.2) is 83.0 Å². The normalized spacial score (nSPS) is 15.1. The summed E-state index contributed by atoms with van der Waals surface area (Å²) < 4.78 is 15.6. The summed E-state index contributed by atoms with van der Waals surface area (Å²) in [5.41, 5.74) is 1.10. The van der Waals surface area contributed by atoms with E-state index in [1.807, 2.05) is 23.1 Å². The number of amides is 2. The van der Waals surface area contributed by atoms with E-state index in [0.717, 1.165) is 51.3 Å². The minimum atomic E-state index is 0.00636. The minimum absolute atomic E-state index is 0.00636. The first kappa shape index (κ1) is 19.3. The monoisotopic (exact) mass is 351 g/mol. The zero-order chi connectivity index (χ0) is 18.1. The Labute approximate surface area is 149 Å². The van der Waals surface area contributed by atoms with Crippen molar-refractivity contribution in [3.8, 4) is 11.5 Å². The van der Waals surface area contributed by atoms with Gasteiger partial charge in [0.15, 0.2) is 11.5 Å². The molecule has 2 rings (SSSR count). The van der Waals surface area contributed by atoms with Gasteiger partial charge >= 0.3 is 6.03 Å². The molecular formula is C18H29N3O4. The molecule has 140 valence electrons. The van der Waals surface area contributed by atoms with Gasteiger partial charge in [0, 0.05) is 46.4 Å². The molecule has 2 amide bonds. The fourth-order valence-corrected chi connectivity index (χ4v) is 2.86. The van der Waals surface area contributed by atoms with Crippen LogP contribution in [-0.2, 0) is 11.2 Å². The SMILES string of the molecule is COCCN1CCN(C(=O)NCCc2ccc(OC)c(OC)c2)CC1. The third kappa shape index (κ3) is 5.79. The molecule has 1 N–H and O–H groups in total. The first-order valence-electron chi connectivity index (χ1n) is 8.63. The summed E-state index contributed by atoms with van der Waals surface area (Å²) in [6.07, 6.45) is 0.750. The number of hydrogen-bond donors (Lipinski definition) is 1. The summed E-state index contributed by atoms with van der Waals surface area (Å²) in [7, 11) is 4.95. The molecule has 1 saturated heterocycles. The highest BCUT2D eigenvalue weighted by atomic mass is 16.5. The Kier molecular flexibility index (Phi) is 7.81. The molecule has 0 saturated carbocycles. The number of rotatable bonds is 8. The van der Waals surface area contributed by atoms with Crippen molar-refractivity contribution >= 4 is 6.03 Å².